The maximum absolute atomic E-state index is 6.19. The van der Waals surface area contributed by atoms with Gasteiger partial charge in [-0.25, -0.2) is 0 Å². The number of unbranched alkanes of at least 4 members (excludes halogenated alkanes) is 22. The first-order valence-corrected chi connectivity index (χ1v) is 16.5. The van der Waals surface area contributed by atoms with Crippen molar-refractivity contribution < 1.29 is 9.47 Å². The first-order chi connectivity index (χ1) is 17.7. The monoisotopic (exact) mass is 639 g/mol. The summed E-state index contributed by atoms with van der Waals surface area (Å²) in [7, 11) is 4.26. The van der Waals surface area contributed by atoms with E-state index in [2.05, 4.69) is 32.8 Å². The average molecular weight is 640 g/mol. The van der Waals surface area contributed by atoms with Gasteiger partial charge in [0.2, 0.25) is 0 Å². The van der Waals surface area contributed by atoms with Gasteiger partial charge in [0.25, 0.3) is 0 Å². The van der Waals surface area contributed by atoms with Crippen LogP contribution in [-0.2, 0) is 9.47 Å². The Bertz CT molecular complexity index is 395. The summed E-state index contributed by atoms with van der Waals surface area (Å²) in [5.41, 5.74) is 0. The number of halogens is 1. The van der Waals surface area contributed by atoms with E-state index in [0.29, 0.717) is 0 Å². The minimum absolute atomic E-state index is 0. The zero-order chi connectivity index (χ0) is 26.4. The molecule has 0 N–H and O–H groups in total. The van der Waals surface area contributed by atoms with E-state index in [-0.39, 0.29) is 30.1 Å². The fourth-order valence-corrected chi connectivity index (χ4v) is 5.01. The lowest BCUT2D eigenvalue weighted by molar-refractivity contribution is -0.0287. The molecule has 0 aromatic heterocycles. The zero-order valence-corrected chi connectivity index (χ0v) is 28.4. The standard InChI is InChI=1S/C33H69NO2.HI/c1-5-7-9-11-13-15-17-19-21-23-25-27-29-35-32-33(31-34(3)4)36-30-28-26-24-22-20-18-16-14-12-10-8-6-2;/h33H,5-32H2,1-4H3;1H/t33-;/m0./s1. The molecule has 0 aromatic rings. The summed E-state index contributed by atoms with van der Waals surface area (Å²) in [6, 6.07) is 0. The van der Waals surface area contributed by atoms with E-state index in [1.54, 1.807) is 0 Å². The van der Waals surface area contributed by atoms with Crippen molar-refractivity contribution in [3.05, 3.63) is 0 Å². The molecule has 0 amide bonds. The van der Waals surface area contributed by atoms with Gasteiger partial charge in [-0.1, -0.05) is 155 Å². The van der Waals surface area contributed by atoms with E-state index >= 15 is 0 Å². The van der Waals surface area contributed by atoms with Crippen LogP contribution >= 0.6 is 24.0 Å². The van der Waals surface area contributed by atoms with Crippen LogP contribution in [0, 0.1) is 0 Å². The molecule has 0 aliphatic heterocycles. The maximum atomic E-state index is 6.19. The minimum atomic E-state index is 0. The van der Waals surface area contributed by atoms with Gasteiger partial charge in [0.05, 0.1) is 12.7 Å². The summed E-state index contributed by atoms with van der Waals surface area (Å²) < 4.78 is 12.2. The maximum Gasteiger partial charge on any atom is 0.0934 e. The second-order valence-corrected chi connectivity index (χ2v) is 11.6. The van der Waals surface area contributed by atoms with Crippen LogP contribution in [0.4, 0.5) is 0 Å². The van der Waals surface area contributed by atoms with Gasteiger partial charge in [0, 0.05) is 19.8 Å². The van der Waals surface area contributed by atoms with Gasteiger partial charge in [-0.2, -0.15) is 0 Å². The van der Waals surface area contributed by atoms with Crippen molar-refractivity contribution in [3.63, 3.8) is 0 Å². The summed E-state index contributed by atoms with van der Waals surface area (Å²) in [6.07, 6.45) is 33.6. The number of nitrogens with zero attached hydrogens (tertiary/aromatic N) is 1. The summed E-state index contributed by atoms with van der Waals surface area (Å²) in [6.45, 7) is 8.07. The predicted octanol–water partition coefficient (Wildman–Crippen LogP) is 11.0. The molecule has 0 bridgehead atoms. The molecule has 0 rings (SSSR count). The summed E-state index contributed by atoms with van der Waals surface area (Å²) in [4.78, 5) is 2.22. The van der Waals surface area contributed by atoms with Gasteiger partial charge in [-0.05, 0) is 26.9 Å². The Balaban J connectivity index is 0. The Hall–Kier alpha value is 0.610. The topological polar surface area (TPSA) is 21.7 Å². The molecule has 37 heavy (non-hydrogen) atoms. The smallest absolute Gasteiger partial charge is 0.0934 e. The molecule has 1 atom stereocenters. The second-order valence-electron chi connectivity index (χ2n) is 11.6. The highest BCUT2D eigenvalue weighted by Gasteiger charge is 2.10. The third-order valence-electron chi connectivity index (χ3n) is 7.37. The van der Waals surface area contributed by atoms with Crippen molar-refractivity contribution in [2.24, 2.45) is 0 Å². The molecule has 0 saturated heterocycles. The van der Waals surface area contributed by atoms with E-state index in [0.717, 1.165) is 26.4 Å². The molecule has 0 aromatic carbocycles. The number of ether oxygens (including phenoxy) is 2. The highest BCUT2D eigenvalue weighted by molar-refractivity contribution is 14.0. The van der Waals surface area contributed by atoms with Gasteiger partial charge in [-0.3, -0.25) is 0 Å². The largest absolute Gasteiger partial charge is 0.379 e. The molecule has 0 fully saturated rings. The molecule has 3 nitrogen and oxygen atoms in total. The van der Waals surface area contributed by atoms with E-state index in [1.807, 2.05) is 0 Å². The van der Waals surface area contributed by atoms with Gasteiger partial charge in [0.15, 0.2) is 0 Å². The Morgan fingerprint density at radius 3 is 1.14 bits per heavy atom. The van der Waals surface area contributed by atoms with Crippen LogP contribution in [0.5, 0.6) is 0 Å². The zero-order valence-electron chi connectivity index (χ0n) is 26.0. The molecule has 0 radical (unpaired) electrons. The van der Waals surface area contributed by atoms with Crippen LogP contribution in [0.2, 0.25) is 0 Å². The lowest BCUT2D eigenvalue weighted by atomic mass is 10.1. The quantitative estimate of drug-likeness (QED) is 0.0557. The van der Waals surface area contributed by atoms with E-state index < -0.39 is 0 Å². The normalized spacial score (nSPS) is 12.2. The number of rotatable bonds is 31. The van der Waals surface area contributed by atoms with Crippen molar-refractivity contribution in [1.82, 2.24) is 4.90 Å². The third-order valence-corrected chi connectivity index (χ3v) is 7.37. The summed E-state index contributed by atoms with van der Waals surface area (Å²) in [5, 5.41) is 0. The van der Waals surface area contributed by atoms with Crippen LogP contribution in [0.15, 0.2) is 0 Å². The van der Waals surface area contributed by atoms with Crippen molar-refractivity contribution in [2.45, 2.75) is 174 Å². The third kappa shape index (κ3) is 34.6. The average Bonchev–Trinajstić information content (AvgIpc) is 2.86. The fraction of sp³-hybridized carbons (Fsp3) is 1.00. The van der Waals surface area contributed by atoms with Crippen LogP contribution < -0.4 is 0 Å². The van der Waals surface area contributed by atoms with E-state index in [4.69, 9.17) is 9.47 Å². The summed E-state index contributed by atoms with van der Waals surface area (Å²) in [5.74, 6) is 0. The Morgan fingerprint density at radius 2 is 0.784 bits per heavy atom. The predicted molar refractivity (Wildman–Crippen MR) is 177 cm³/mol. The van der Waals surface area contributed by atoms with Crippen LogP contribution in [0.1, 0.15) is 168 Å². The van der Waals surface area contributed by atoms with Gasteiger partial charge in [0.1, 0.15) is 0 Å². The van der Waals surface area contributed by atoms with E-state index in [1.165, 1.54) is 154 Å². The van der Waals surface area contributed by atoms with Gasteiger partial charge in [-0.15, -0.1) is 24.0 Å². The molecule has 4 heteroatoms. The fourth-order valence-electron chi connectivity index (χ4n) is 5.01. The van der Waals surface area contributed by atoms with Crippen molar-refractivity contribution in [2.75, 3.05) is 40.5 Å². The van der Waals surface area contributed by atoms with E-state index in [9.17, 15) is 0 Å². The molecule has 0 unspecified atom stereocenters. The van der Waals surface area contributed by atoms with Crippen LogP contribution in [0.3, 0.4) is 0 Å². The molecule has 0 spiro atoms. The molecule has 0 saturated carbocycles. The molecule has 0 aliphatic rings. The first kappa shape index (κ1) is 39.8. The summed E-state index contributed by atoms with van der Waals surface area (Å²) >= 11 is 0. The highest BCUT2D eigenvalue weighted by Crippen LogP contribution is 2.13. The molecule has 0 heterocycles. The molecular formula is C33H70INO2. The number of likely N-dealkylation sites (N-methyl/N-ethyl adjacent to an activating group) is 1. The van der Waals surface area contributed by atoms with Crippen molar-refractivity contribution >= 4 is 24.0 Å². The van der Waals surface area contributed by atoms with Crippen LogP contribution in [0.25, 0.3) is 0 Å². The Labute approximate surface area is 252 Å². The molecular weight excluding hydrogens is 569 g/mol. The lowest BCUT2D eigenvalue weighted by Gasteiger charge is -2.21. The van der Waals surface area contributed by atoms with Gasteiger partial charge < -0.3 is 14.4 Å². The van der Waals surface area contributed by atoms with Crippen LogP contribution in [-0.4, -0.2) is 51.5 Å². The van der Waals surface area contributed by atoms with Crippen molar-refractivity contribution in [1.29, 1.82) is 0 Å². The number of hydrogen-bond acceptors (Lipinski definition) is 3. The second kappa shape index (κ2) is 34.6. The minimum Gasteiger partial charge on any atom is -0.379 e. The van der Waals surface area contributed by atoms with Crippen molar-refractivity contribution in [3.8, 4) is 0 Å². The lowest BCUT2D eigenvalue weighted by Crippen LogP contribution is -2.32. The number of hydrogen-bond donors (Lipinski definition) is 0. The SMILES string of the molecule is CCCCCCCCCCCCCCOC[C@H](CN(C)C)OCCCCCCCCCCCCCC.I. The Morgan fingerprint density at radius 1 is 0.459 bits per heavy atom. The van der Waals surface area contributed by atoms with Gasteiger partial charge >= 0.3 is 0 Å². The Kier molecular flexibility index (Phi) is 37.2. The highest BCUT2D eigenvalue weighted by atomic mass is 127. The molecule has 0 aliphatic carbocycles. The first-order valence-electron chi connectivity index (χ1n) is 16.5. The molecule has 226 valence electrons.